The summed E-state index contributed by atoms with van der Waals surface area (Å²) in [5.74, 6) is 0.572. The number of benzene rings is 9. The van der Waals surface area contributed by atoms with Crippen LogP contribution in [0.5, 0.6) is 0 Å². The summed E-state index contributed by atoms with van der Waals surface area (Å²) in [5, 5.41) is 4.54. The molecule has 0 saturated heterocycles. The van der Waals surface area contributed by atoms with E-state index in [1.807, 2.05) is 42.5 Å². The van der Waals surface area contributed by atoms with Crippen molar-refractivity contribution >= 4 is 60.9 Å². The summed E-state index contributed by atoms with van der Waals surface area (Å²) in [5.41, 5.74) is 14.1. The molecule has 0 N–H and O–H groups in total. The number of rotatable bonds is 7. The molecule has 57 heavy (non-hydrogen) atoms. The van der Waals surface area contributed by atoms with E-state index in [-0.39, 0.29) is 0 Å². The molecule has 0 aliphatic rings. The third-order valence-corrected chi connectivity index (χ3v) is 10.9. The number of aromatic nitrogens is 1. The van der Waals surface area contributed by atoms with Crippen LogP contribution in [-0.2, 0) is 0 Å². The zero-order valence-corrected chi connectivity index (χ0v) is 30.8. The molecule has 0 radical (unpaired) electrons. The van der Waals surface area contributed by atoms with Gasteiger partial charge < -0.3 is 13.7 Å². The number of fused-ring (bicyclic) bond motifs is 5. The maximum Gasteiger partial charge on any atom is 0.228 e. The quantitative estimate of drug-likeness (QED) is 0.164. The van der Waals surface area contributed by atoms with Crippen molar-refractivity contribution in [1.29, 1.82) is 0 Å². The summed E-state index contributed by atoms with van der Waals surface area (Å²) < 4.78 is 12.8. The van der Waals surface area contributed by atoms with Crippen molar-refractivity contribution in [2.45, 2.75) is 0 Å². The molecule has 0 saturated carbocycles. The summed E-state index contributed by atoms with van der Waals surface area (Å²) in [6.07, 6.45) is 0. The van der Waals surface area contributed by atoms with E-state index < -0.39 is 0 Å². The Morgan fingerprint density at radius 2 is 0.877 bits per heavy atom. The molecule has 9 aromatic carbocycles. The molecule has 0 fully saturated rings. The molecule has 0 bridgehead atoms. The standard InChI is InChI=1S/C53H34N2O2/c1-2-11-35(12-3-1)36-23-29-40(30-24-36)55(41-31-25-38(26-32-41)44-17-8-14-37-13-4-5-15-43(37)44)42-33-27-39(28-34-42)45-18-9-20-48-52(45)57-53(54-48)47-19-10-22-50-51(47)46-16-6-7-21-49(46)56-50/h1-34H. The predicted molar refractivity (Wildman–Crippen MR) is 235 cm³/mol. The highest BCUT2D eigenvalue weighted by atomic mass is 16.4. The summed E-state index contributed by atoms with van der Waals surface area (Å²) in [6.45, 7) is 0. The summed E-state index contributed by atoms with van der Waals surface area (Å²) >= 11 is 0. The van der Waals surface area contributed by atoms with Crippen LogP contribution >= 0.6 is 0 Å². The Morgan fingerprint density at radius 1 is 0.351 bits per heavy atom. The van der Waals surface area contributed by atoms with Crippen LogP contribution in [0.25, 0.3) is 88.6 Å². The molecule has 0 atom stereocenters. The monoisotopic (exact) mass is 730 g/mol. The smallest absolute Gasteiger partial charge is 0.228 e. The first-order valence-electron chi connectivity index (χ1n) is 19.2. The molecule has 0 spiro atoms. The van der Waals surface area contributed by atoms with Gasteiger partial charge in [-0.15, -0.1) is 0 Å². The van der Waals surface area contributed by atoms with Crippen molar-refractivity contribution in [1.82, 2.24) is 4.98 Å². The molecule has 11 rings (SSSR count). The first-order valence-corrected chi connectivity index (χ1v) is 19.2. The second-order valence-corrected chi connectivity index (χ2v) is 14.3. The van der Waals surface area contributed by atoms with E-state index in [0.29, 0.717) is 5.89 Å². The Hall–Kier alpha value is -7.69. The molecular formula is C53H34N2O2. The van der Waals surface area contributed by atoms with Gasteiger partial charge in [0.15, 0.2) is 5.58 Å². The molecular weight excluding hydrogens is 697 g/mol. The second-order valence-electron chi connectivity index (χ2n) is 14.3. The second kappa shape index (κ2) is 13.6. The lowest BCUT2D eigenvalue weighted by molar-refractivity contribution is 0.621. The first-order chi connectivity index (χ1) is 28.2. The normalized spacial score (nSPS) is 11.5. The van der Waals surface area contributed by atoms with Crippen LogP contribution in [0.3, 0.4) is 0 Å². The molecule has 0 unspecified atom stereocenters. The number of furan rings is 1. The average molecular weight is 731 g/mol. The Kier molecular flexibility index (Phi) is 7.78. The minimum absolute atomic E-state index is 0.572. The van der Waals surface area contributed by atoms with Gasteiger partial charge in [0.25, 0.3) is 0 Å². The van der Waals surface area contributed by atoms with E-state index in [0.717, 1.165) is 66.8 Å². The highest BCUT2D eigenvalue weighted by molar-refractivity contribution is 6.12. The third kappa shape index (κ3) is 5.74. The topological polar surface area (TPSA) is 42.4 Å². The molecule has 0 amide bonds. The van der Waals surface area contributed by atoms with Crippen molar-refractivity contribution in [2.75, 3.05) is 4.90 Å². The Morgan fingerprint density at radius 3 is 1.63 bits per heavy atom. The SMILES string of the molecule is c1ccc(-c2ccc(N(c3ccc(-c4cccc5ccccc45)cc3)c3ccc(-c4cccc5nc(-c6cccc7oc8ccccc8c67)oc45)cc3)cc2)cc1. The maximum atomic E-state index is 6.64. The van der Waals surface area contributed by atoms with E-state index in [2.05, 4.69) is 169 Å². The Labute approximate surface area is 329 Å². The van der Waals surface area contributed by atoms with E-state index in [4.69, 9.17) is 13.8 Å². The van der Waals surface area contributed by atoms with Crippen molar-refractivity contribution < 1.29 is 8.83 Å². The van der Waals surface area contributed by atoms with Gasteiger partial charge in [-0.25, -0.2) is 4.98 Å². The van der Waals surface area contributed by atoms with E-state index in [1.54, 1.807) is 0 Å². The molecule has 4 heteroatoms. The van der Waals surface area contributed by atoms with Gasteiger partial charge in [0.2, 0.25) is 5.89 Å². The van der Waals surface area contributed by atoms with Crippen LogP contribution in [0.2, 0.25) is 0 Å². The number of anilines is 3. The molecule has 0 aliphatic carbocycles. The third-order valence-electron chi connectivity index (χ3n) is 10.9. The van der Waals surface area contributed by atoms with E-state index in [1.165, 1.54) is 33.0 Å². The Bertz CT molecular complexity index is 3210. The number of nitrogens with zero attached hydrogens (tertiary/aromatic N) is 2. The number of para-hydroxylation sites is 2. The number of oxazole rings is 1. The highest BCUT2D eigenvalue weighted by Crippen LogP contribution is 2.41. The van der Waals surface area contributed by atoms with Crippen molar-refractivity contribution in [3.63, 3.8) is 0 Å². The van der Waals surface area contributed by atoms with Gasteiger partial charge in [0.1, 0.15) is 16.7 Å². The van der Waals surface area contributed by atoms with Gasteiger partial charge >= 0.3 is 0 Å². The molecule has 4 nitrogen and oxygen atoms in total. The van der Waals surface area contributed by atoms with Crippen LogP contribution in [0.1, 0.15) is 0 Å². The number of hydrogen-bond donors (Lipinski definition) is 0. The van der Waals surface area contributed by atoms with Crippen LogP contribution in [0, 0.1) is 0 Å². The minimum Gasteiger partial charge on any atom is -0.456 e. The summed E-state index contributed by atoms with van der Waals surface area (Å²) in [4.78, 5) is 7.30. The van der Waals surface area contributed by atoms with Gasteiger partial charge in [-0.3, -0.25) is 0 Å². The van der Waals surface area contributed by atoms with Gasteiger partial charge in [-0.2, -0.15) is 0 Å². The molecule has 2 aromatic heterocycles. The predicted octanol–water partition coefficient (Wildman–Crippen LogP) is 15.0. The molecule has 0 aliphatic heterocycles. The van der Waals surface area contributed by atoms with Crippen LogP contribution in [0.15, 0.2) is 215 Å². The fraction of sp³-hybridized carbons (Fsp3) is 0. The minimum atomic E-state index is 0.572. The van der Waals surface area contributed by atoms with Gasteiger partial charge in [0, 0.05) is 39.0 Å². The average Bonchev–Trinajstić information content (AvgIpc) is 3.90. The summed E-state index contributed by atoms with van der Waals surface area (Å²) in [6, 6.07) is 72.3. The van der Waals surface area contributed by atoms with Crippen LogP contribution in [-0.4, -0.2) is 4.98 Å². The summed E-state index contributed by atoms with van der Waals surface area (Å²) in [7, 11) is 0. The molecule has 11 aromatic rings. The zero-order valence-electron chi connectivity index (χ0n) is 30.8. The van der Waals surface area contributed by atoms with Gasteiger partial charge in [0.05, 0.1) is 0 Å². The van der Waals surface area contributed by atoms with Gasteiger partial charge in [-0.1, -0.05) is 146 Å². The van der Waals surface area contributed by atoms with Crippen LogP contribution < -0.4 is 4.90 Å². The van der Waals surface area contributed by atoms with Crippen molar-refractivity contribution in [3.05, 3.63) is 206 Å². The Balaban J connectivity index is 0.979. The maximum absolute atomic E-state index is 6.64. The number of hydrogen-bond acceptors (Lipinski definition) is 4. The zero-order chi connectivity index (χ0) is 37.7. The van der Waals surface area contributed by atoms with Gasteiger partial charge in [-0.05, 0) is 99.3 Å². The lowest BCUT2D eigenvalue weighted by atomic mass is 9.98. The van der Waals surface area contributed by atoms with Crippen molar-refractivity contribution in [3.8, 4) is 44.8 Å². The van der Waals surface area contributed by atoms with E-state index in [9.17, 15) is 0 Å². The molecule has 268 valence electrons. The highest BCUT2D eigenvalue weighted by Gasteiger charge is 2.19. The van der Waals surface area contributed by atoms with Crippen molar-refractivity contribution in [2.24, 2.45) is 0 Å². The largest absolute Gasteiger partial charge is 0.456 e. The molecule has 2 heterocycles. The van der Waals surface area contributed by atoms with Crippen LogP contribution in [0.4, 0.5) is 17.1 Å². The van der Waals surface area contributed by atoms with E-state index >= 15 is 0 Å². The lowest BCUT2D eigenvalue weighted by Gasteiger charge is -2.26. The fourth-order valence-electron chi connectivity index (χ4n) is 8.18. The lowest BCUT2D eigenvalue weighted by Crippen LogP contribution is -2.09. The first kappa shape index (κ1) is 32.7. The fourth-order valence-corrected chi connectivity index (χ4v) is 8.18.